The Labute approximate surface area is 108 Å². The lowest BCUT2D eigenvalue weighted by atomic mass is 9.81. The van der Waals surface area contributed by atoms with Crippen LogP contribution in [0.5, 0.6) is 0 Å². The summed E-state index contributed by atoms with van der Waals surface area (Å²) in [4.78, 5) is 27.1. The highest BCUT2D eigenvalue weighted by Gasteiger charge is 2.41. The molecular weight excluding hydrogens is 228 g/mol. The van der Waals surface area contributed by atoms with Gasteiger partial charge < -0.3 is 9.80 Å². The predicted octanol–water partition coefficient (Wildman–Crippen LogP) is 1.61. The number of carbonyl (C=O) groups is 2. The van der Waals surface area contributed by atoms with Crippen LogP contribution in [-0.4, -0.2) is 34.7 Å². The number of hydrogen-bond donors (Lipinski definition) is 0. The molecule has 0 saturated carbocycles. The van der Waals surface area contributed by atoms with Crippen LogP contribution in [0, 0.1) is 17.8 Å². The highest BCUT2D eigenvalue weighted by Crippen LogP contribution is 2.35. The Kier molecular flexibility index (Phi) is 3.55. The largest absolute Gasteiger partial charge is 0.319 e. The minimum atomic E-state index is 0.0329. The average Bonchev–Trinajstić information content (AvgIpc) is 2.91. The van der Waals surface area contributed by atoms with Crippen LogP contribution >= 0.6 is 0 Å². The Bertz CT molecular complexity index is 391. The summed E-state index contributed by atoms with van der Waals surface area (Å²) in [5, 5.41) is 0. The van der Waals surface area contributed by atoms with Crippen molar-refractivity contribution in [3.63, 3.8) is 0 Å². The lowest BCUT2D eigenvalue weighted by Crippen LogP contribution is -2.29. The van der Waals surface area contributed by atoms with Gasteiger partial charge in [-0.05, 0) is 30.7 Å². The van der Waals surface area contributed by atoms with Gasteiger partial charge in [-0.3, -0.25) is 9.59 Å². The summed E-state index contributed by atoms with van der Waals surface area (Å²) in [6.45, 7) is 10.8. The van der Waals surface area contributed by atoms with E-state index in [0.29, 0.717) is 13.0 Å². The van der Waals surface area contributed by atoms with Crippen LogP contribution in [0.15, 0.2) is 25.6 Å². The minimum Gasteiger partial charge on any atom is -0.319 e. The monoisotopic (exact) mass is 248 g/mol. The van der Waals surface area contributed by atoms with E-state index in [0.717, 1.165) is 13.0 Å². The Hall–Kier alpha value is -1.58. The lowest BCUT2D eigenvalue weighted by Gasteiger charge is -2.23. The standard InChI is InChI=1S/C14H20N2O2/c1-4-15-7-6-12(14(15)18)10(3)11-8-13(17)16(5-2)9-11/h4-5,10-12H,1-2,6-9H2,3H3. The molecule has 0 aromatic rings. The summed E-state index contributed by atoms with van der Waals surface area (Å²) < 4.78 is 0. The van der Waals surface area contributed by atoms with Crippen LogP contribution in [0.4, 0.5) is 0 Å². The number of rotatable bonds is 4. The van der Waals surface area contributed by atoms with E-state index in [1.165, 1.54) is 0 Å². The number of likely N-dealkylation sites (tertiary alicyclic amines) is 2. The topological polar surface area (TPSA) is 40.6 Å². The van der Waals surface area contributed by atoms with Crippen molar-refractivity contribution in [3.05, 3.63) is 25.6 Å². The zero-order valence-electron chi connectivity index (χ0n) is 10.8. The zero-order valence-corrected chi connectivity index (χ0v) is 10.8. The Balaban J connectivity index is 2.03. The third-order valence-corrected chi connectivity index (χ3v) is 4.29. The molecule has 0 aromatic heterocycles. The van der Waals surface area contributed by atoms with E-state index in [2.05, 4.69) is 20.1 Å². The molecule has 2 saturated heterocycles. The summed E-state index contributed by atoms with van der Waals surface area (Å²) >= 11 is 0. The number of amides is 2. The van der Waals surface area contributed by atoms with E-state index in [9.17, 15) is 9.59 Å². The molecule has 0 N–H and O–H groups in total. The van der Waals surface area contributed by atoms with E-state index < -0.39 is 0 Å². The molecule has 98 valence electrons. The van der Waals surface area contributed by atoms with Gasteiger partial charge in [0.25, 0.3) is 0 Å². The molecule has 3 unspecified atom stereocenters. The molecule has 18 heavy (non-hydrogen) atoms. The average molecular weight is 248 g/mol. The van der Waals surface area contributed by atoms with E-state index in [4.69, 9.17) is 0 Å². The van der Waals surface area contributed by atoms with E-state index in [1.54, 1.807) is 22.2 Å². The van der Waals surface area contributed by atoms with Gasteiger partial charge in [0.05, 0.1) is 0 Å². The third-order valence-electron chi connectivity index (χ3n) is 4.29. The predicted molar refractivity (Wildman–Crippen MR) is 69.2 cm³/mol. The van der Waals surface area contributed by atoms with E-state index in [1.807, 2.05) is 0 Å². The van der Waals surface area contributed by atoms with Crippen LogP contribution in [0.3, 0.4) is 0 Å². The van der Waals surface area contributed by atoms with Crippen LogP contribution in [-0.2, 0) is 9.59 Å². The summed E-state index contributed by atoms with van der Waals surface area (Å²) in [6.07, 6.45) is 4.59. The summed E-state index contributed by atoms with van der Waals surface area (Å²) in [6, 6.07) is 0. The first-order valence-corrected chi connectivity index (χ1v) is 6.43. The second-order valence-electron chi connectivity index (χ2n) is 5.16. The fraction of sp³-hybridized carbons (Fsp3) is 0.571. The van der Waals surface area contributed by atoms with Gasteiger partial charge in [0.15, 0.2) is 0 Å². The molecule has 4 heteroatoms. The highest BCUT2D eigenvalue weighted by molar-refractivity contribution is 5.83. The molecule has 0 aromatic carbocycles. The lowest BCUT2D eigenvalue weighted by molar-refractivity contribution is -0.131. The first-order chi connectivity index (χ1) is 8.58. The minimum absolute atomic E-state index is 0.0329. The smallest absolute Gasteiger partial charge is 0.229 e. The third kappa shape index (κ3) is 2.07. The molecule has 2 rings (SSSR count). The van der Waals surface area contributed by atoms with E-state index >= 15 is 0 Å². The first kappa shape index (κ1) is 12.9. The number of nitrogens with zero attached hydrogens (tertiary/aromatic N) is 2. The van der Waals surface area contributed by atoms with Gasteiger partial charge in [0.2, 0.25) is 11.8 Å². The van der Waals surface area contributed by atoms with Crippen LogP contribution in [0.1, 0.15) is 19.8 Å². The van der Waals surface area contributed by atoms with Crippen molar-refractivity contribution in [2.75, 3.05) is 13.1 Å². The molecule has 2 aliphatic heterocycles. The van der Waals surface area contributed by atoms with Gasteiger partial charge in [0.1, 0.15) is 0 Å². The van der Waals surface area contributed by atoms with Crippen molar-refractivity contribution in [1.82, 2.24) is 9.80 Å². The second kappa shape index (κ2) is 4.96. The maximum atomic E-state index is 12.1. The summed E-state index contributed by atoms with van der Waals surface area (Å²) in [5.74, 6) is 0.797. The molecule has 0 aliphatic carbocycles. The molecule has 2 amide bonds. The molecule has 0 radical (unpaired) electrons. The summed E-state index contributed by atoms with van der Waals surface area (Å²) in [5.41, 5.74) is 0. The van der Waals surface area contributed by atoms with Crippen molar-refractivity contribution in [2.24, 2.45) is 17.8 Å². The van der Waals surface area contributed by atoms with Gasteiger partial charge in [-0.15, -0.1) is 0 Å². The van der Waals surface area contributed by atoms with Crippen LogP contribution in [0.2, 0.25) is 0 Å². The highest BCUT2D eigenvalue weighted by atomic mass is 16.2. The quantitative estimate of drug-likeness (QED) is 0.758. The first-order valence-electron chi connectivity index (χ1n) is 6.43. The van der Waals surface area contributed by atoms with E-state index in [-0.39, 0.29) is 29.6 Å². The molecule has 2 heterocycles. The summed E-state index contributed by atoms with van der Waals surface area (Å²) in [7, 11) is 0. The Morgan fingerprint density at radius 3 is 2.44 bits per heavy atom. The number of carbonyl (C=O) groups excluding carboxylic acids is 2. The Morgan fingerprint density at radius 2 is 1.94 bits per heavy atom. The SMILES string of the molecule is C=CN1CC(C(C)C2CCN(C=C)C2=O)CC1=O. The number of hydrogen-bond acceptors (Lipinski definition) is 2. The van der Waals surface area contributed by atoms with Crippen molar-refractivity contribution < 1.29 is 9.59 Å². The van der Waals surface area contributed by atoms with Crippen LogP contribution < -0.4 is 0 Å². The Morgan fingerprint density at radius 1 is 1.28 bits per heavy atom. The van der Waals surface area contributed by atoms with Crippen molar-refractivity contribution in [1.29, 1.82) is 0 Å². The maximum Gasteiger partial charge on any atom is 0.229 e. The van der Waals surface area contributed by atoms with Gasteiger partial charge in [-0.1, -0.05) is 20.1 Å². The maximum absolute atomic E-state index is 12.1. The molecule has 2 fully saturated rings. The second-order valence-corrected chi connectivity index (χ2v) is 5.16. The molecule has 0 spiro atoms. The molecule has 4 nitrogen and oxygen atoms in total. The fourth-order valence-electron chi connectivity index (χ4n) is 3.01. The van der Waals surface area contributed by atoms with Gasteiger partial charge >= 0.3 is 0 Å². The molecule has 0 bridgehead atoms. The fourth-order valence-corrected chi connectivity index (χ4v) is 3.01. The van der Waals surface area contributed by atoms with Crippen molar-refractivity contribution in [2.45, 2.75) is 19.8 Å². The molecule has 2 aliphatic rings. The normalized spacial score (nSPS) is 29.8. The van der Waals surface area contributed by atoms with Gasteiger partial charge in [0, 0.05) is 25.4 Å². The van der Waals surface area contributed by atoms with Crippen LogP contribution in [0.25, 0.3) is 0 Å². The van der Waals surface area contributed by atoms with Crippen molar-refractivity contribution >= 4 is 11.8 Å². The zero-order chi connectivity index (χ0) is 13.3. The molecule has 3 atom stereocenters. The van der Waals surface area contributed by atoms with Gasteiger partial charge in [-0.25, -0.2) is 0 Å². The molecular formula is C14H20N2O2. The van der Waals surface area contributed by atoms with Crippen molar-refractivity contribution in [3.8, 4) is 0 Å². The van der Waals surface area contributed by atoms with Gasteiger partial charge in [-0.2, -0.15) is 0 Å².